The fourth-order valence-corrected chi connectivity index (χ4v) is 6.45. The van der Waals surface area contributed by atoms with Gasteiger partial charge in [-0.05, 0) is 74.6 Å². The van der Waals surface area contributed by atoms with Crippen LogP contribution in [-0.2, 0) is 24.2 Å². The van der Waals surface area contributed by atoms with Crippen molar-refractivity contribution in [2.75, 3.05) is 23.0 Å². The molecule has 2 aromatic heterocycles. The molecule has 1 aliphatic carbocycles. The molecule has 0 atom stereocenters. The molecule has 0 saturated carbocycles. The molecule has 5 rings (SSSR count). The van der Waals surface area contributed by atoms with Crippen molar-refractivity contribution < 1.29 is 9.53 Å². The summed E-state index contributed by atoms with van der Waals surface area (Å²) in [4.78, 5) is 14.1. The van der Waals surface area contributed by atoms with Crippen LogP contribution >= 0.6 is 23.1 Å². The summed E-state index contributed by atoms with van der Waals surface area (Å²) >= 11 is 2.86. The van der Waals surface area contributed by atoms with Crippen LogP contribution in [0.1, 0.15) is 41.6 Å². The molecule has 0 fully saturated rings. The van der Waals surface area contributed by atoms with Crippen LogP contribution < -0.4 is 15.4 Å². The molecule has 2 aromatic carbocycles. The summed E-state index contributed by atoms with van der Waals surface area (Å²) in [5.74, 6) is 1.55. The lowest BCUT2D eigenvalue weighted by Gasteiger charge is -2.12. The van der Waals surface area contributed by atoms with Crippen LogP contribution in [0.4, 0.5) is 10.7 Å². The second-order valence-corrected chi connectivity index (χ2v) is 10.8. The number of thioether (sulfide) groups is 1. The fourth-order valence-electron chi connectivity index (χ4n) is 4.43. The molecule has 194 valence electrons. The molecule has 10 heteroatoms. The van der Waals surface area contributed by atoms with E-state index in [1.807, 2.05) is 66.1 Å². The van der Waals surface area contributed by atoms with Crippen molar-refractivity contribution in [1.82, 2.24) is 14.8 Å². The first-order valence-electron chi connectivity index (χ1n) is 12.6. The van der Waals surface area contributed by atoms with Crippen LogP contribution in [0.15, 0.2) is 59.8 Å². The van der Waals surface area contributed by atoms with Gasteiger partial charge in [0, 0.05) is 16.3 Å². The van der Waals surface area contributed by atoms with E-state index in [1.54, 1.807) is 0 Å². The van der Waals surface area contributed by atoms with Crippen LogP contribution in [0.3, 0.4) is 0 Å². The Kier molecular flexibility index (Phi) is 8.26. The zero-order valence-corrected chi connectivity index (χ0v) is 22.7. The largest absolute Gasteiger partial charge is 0.494 e. The molecule has 38 heavy (non-hydrogen) atoms. The zero-order valence-electron chi connectivity index (χ0n) is 21.1. The van der Waals surface area contributed by atoms with Gasteiger partial charge in [0.25, 0.3) is 0 Å². The number of anilines is 2. The molecular weight excluding hydrogens is 516 g/mol. The molecule has 0 radical (unpaired) electrons. The number of thiophene rings is 1. The van der Waals surface area contributed by atoms with Crippen LogP contribution in [0.2, 0.25) is 0 Å². The van der Waals surface area contributed by atoms with Gasteiger partial charge in [-0.15, -0.1) is 21.5 Å². The lowest BCUT2D eigenvalue weighted by atomic mass is 9.96. The van der Waals surface area contributed by atoms with Gasteiger partial charge < -0.3 is 15.4 Å². The molecular formula is C28H28N6O2S2. The van der Waals surface area contributed by atoms with Crippen molar-refractivity contribution in [3.63, 3.8) is 0 Å². The Morgan fingerprint density at radius 3 is 2.68 bits per heavy atom. The number of aryl methyl sites for hydroxylation is 1. The lowest BCUT2D eigenvalue weighted by molar-refractivity contribution is -0.113. The predicted molar refractivity (Wildman–Crippen MR) is 151 cm³/mol. The molecule has 8 nitrogen and oxygen atoms in total. The van der Waals surface area contributed by atoms with Gasteiger partial charge in [-0.3, -0.25) is 9.36 Å². The third-order valence-corrected chi connectivity index (χ3v) is 8.34. The van der Waals surface area contributed by atoms with Crippen molar-refractivity contribution in [2.45, 2.75) is 44.3 Å². The number of carbonyl (C=O) groups excluding carboxylic acids is 1. The van der Waals surface area contributed by atoms with Crippen LogP contribution in [-0.4, -0.2) is 33.0 Å². The summed E-state index contributed by atoms with van der Waals surface area (Å²) in [5.41, 5.74) is 3.59. The quantitative estimate of drug-likeness (QED) is 0.242. The average Bonchev–Trinajstić information content (AvgIpc) is 3.52. The van der Waals surface area contributed by atoms with Gasteiger partial charge in [0.15, 0.2) is 11.0 Å². The van der Waals surface area contributed by atoms with Crippen LogP contribution in [0, 0.1) is 11.3 Å². The topological polar surface area (TPSA) is 105 Å². The maximum atomic E-state index is 12.9. The fraction of sp³-hybridized carbons (Fsp3) is 0.286. The van der Waals surface area contributed by atoms with Gasteiger partial charge in [0.2, 0.25) is 5.91 Å². The summed E-state index contributed by atoms with van der Waals surface area (Å²) in [7, 11) is 0. The number of nitrogens with one attached hydrogen (secondary N) is 2. The minimum Gasteiger partial charge on any atom is -0.494 e. The lowest BCUT2D eigenvalue weighted by Crippen LogP contribution is -2.15. The van der Waals surface area contributed by atoms with Crippen LogP contribution in [0.25, 0.3) is 5.69 Å². The van der Waals surface area contributed by atoms with E-state index in [4.69, 9.17) is 4.74 Å². The maximum Gasteiger partial charge on any atom is 0.235 e. The number of ether oxygens (including phenoxy) is 1. The number of amides is 1. The Hall–Kier alpha value is -3.81. The highest BCUT2D eigenvalue weighted by Gasteiger charge is 2.22. The molecule has 1 aliphatic rings. The minimum atomic E-state index is -0.165. The Bertz CT molecular complexity index is 1440. The highest BCUT2D eigenvalue weighted by Crippen LogP contribution is 2.37. The number of aromatic nitrogens is 3. The molecule has 0 unspecified atom stereocenters. The standard InChI is InChI=1S/C28H28N6O2S2/c1-2-36-21-14-12-19(13-15-21)30-17-25-32-33-28(34(25)20-8-4-3-5-9-20)37-18-26(35)31-27-23(16-29)22-10-6-7-11-24(22)38-27/h3-5,8-9,12-15,30H,2,6-7,10-11,17-18H2,1H3,(H,31,35). The number of hydrogen-bond acceptors (Lipinski definition) is 8. The average molecular weight is 545 g/mol. The van der Waals surface area contributed by atoms with Crippen molar-refractivity contribution >= 4 is 39.7 Å². The van der Waals surface area contributed by atoms with E-state index in [9.17, 15) is 10.1 Å². The third-order valence-electron chi connectivity index (χ3n) is 6.20. The predicted octanol–water partition coefficient (Wildman–Crippen LogP) is 5.82. The van der Waals surface area contributed by atoms with Gasteiger partial charge in [-0.1, -0.05) is 30.0 Å². The van der Waals surface area contributed by atoms with Crippen molar-refractivity contribution in [3.05, 3.63) is 76.4 Å². The Balaban J connectivity index is 1.29. The highest BCUT2D eigenvalue weighted by molar-refractivity contribution is 7.99. The number of fused-ring (bicyclic) bond motifs is 1. The molecule has 2 heterocycles. The van der Waals surface area contributed by atoms with E-state index in [1.165, 1.54) is 28.0 Å². The van der Waals surface area contributed by atoms with E-state index >= 15 is 0 Å². The van der Waals surface area contributed by atoms with Gasteiger partial charge in [0.05, 0.1) is 24.5 Å². The van der Waals surface area contributed by atoms with E-state index in [-0.39, 0.29) is 11.7 Å². The van der Waals surface area contributed by atoms with Gasteiger partial charge in [-0.2, -0.15) is 5.26 Å². The zero-order chi connectivity index (χ0) is 26.3. The number of carbonyl (C=O) groups is 1. The number of rotatable bonds is 10. The molecule has 0 aliphatic heterocycles. The first-order valence-corrected chi connectivity index (χ1v) is 14.4. The molecule has 2 N–H and O–H groups in total. The van der Waals surface area contributed by atoms with Gasteiger partial charge >= 0.3 is 0 Å². The second-order valence-electron chi connectivity index (χ2n) is 8.74. The van der Waals surface area contributed by atoms with E-state index in [0.29, 0.717) is 28.9 Å². The molecule has 4 aromatic rings. The normalized spacial score (nSPS) is 12.4. The Labute approximate surface area is 230 Å². The highest BCUT2D eigenvalue weighted by atomic mass is 32.2. The molecule has 0 bridgehead atoms. The van der Waals surface area contributed by atoms with Gasteiger partial charge in [0.1, 0.15) is 16.8 Å². The first-order chi connectivity index (χ1) is 18.7. The third kappa shape index (κ3) is 5.85. The SMILES string of the molecule is CCOc1ccc(NCc2nnc(SCC(=O)Nc3sc4c(c3C#N)CCCC4)n2-c2ccccc2)cc1. The van der Waals surface area contributed by atoms with Crippen LogP contribution in [0.5, 0.6) is 5.75 Å². The summed E-state index contributed by atoms with van der Waals surface area (Å²) in [6.45, 7) is 3.04. The van der Waals surface area contributed by atoms with E-state index < -0.39 is 0 Å². The van der Waals surface area contributed by atoms with Crippen molar-refractivity contribution in [3.8, 4) is 17.5 Å². The first kappa shape index (κ1) is 25.8. The number of nitriles is 1. The summed E-state index contributed by atoms with van der Waals surface area (Å²) in [6.07, 6.45) is 4.11. The summed E-state index contributed by atoms with van der Waals surface area (Å²) < 4.78 is 7.48. The monoisotopic (exact) mass is 544 g/mol. The number of para-hydroxylation sites is 1. The Morgan fingerprint density at radius 2 is 1.92 bits per heavy atom. The summed E-state index contributed by atoms with van der Waals surface area (Å²) in [5, 5.41) is 26.2. The second kappa shape index (κ2) is 12.2. The smallest absolute Gasteiger partial charge is 0.235 e. The molecule has 0 spiro atoms. The number of hydrogen-bond donors (Lipinski definition) is 2. The van der Waals surface area contributed by atoms with Crippen molar-refractivity contribution in [2.24, 2.45) is 0 Å². The number of nitrogens with zero attached hydrogens (tertiary/aromatic N) is 4. The minimum absolute atomic E-state index is 0.157. The van der Waals surface area contributed by atoms with E-state index in [2.05, 4.69) is 26.9 Å². The molecule has 1 amide bonds. The van der Waals surface area contributed by atoms with Crippen molar-refractivity contribution in [1.29, 1.82) is 5.26 Å². The van der Waals surface area contributed by atoms with E-state index in [0.717, 1.165) is 54.2 Å². The molecule has 0 saturated heterocycles. The Morgan fingerprint density at radius 1 is 1.13 bits per heavy atom. The number of benzene rings is 2. The summed E-state index contributed by atoms with van der Waals surface area (Å²) in [6, 6.07) is 19.9. The maximum absolute atomic E-state index is 12.9. The van der Waals surface area contributed by atoms with Gasteiger partial charge in [-0.25, -0.2) is 0 Å².